The van der Waals surface area contributed by atoms with E-state index < -0.39 is 0 Å². The predicted molar refractivity (Wildman–Crippen MR) is 101 cm³/mol. The normalized spacial score (nSPS) is 22.3. The number of nitrogens with zero attached hydrogens (tertiary/aromatic N) is 1. The number of aryl methyl sites for hydroxylation is 1. The van der Waals surface area contributed by atoms with Gasteiger partial charge in [-0.25, -0.2) is 0 Å². The van der Waals surface area contributed by atoms with Gasteiger partial charge in [0.25, 0.3) is 0 Å². The average molecular weight is 356 g/mol. The quantitative estimate of drug-likeness (QED) is 0.896. The van der Waals surface area contributed by atoms with Crippen molar-refractivity contribution in [2.24, 2.45) is 11.3 Å². The van der Waals surface area contributed by atoms with Crippen LogP contribution in [0.2, 0.25) is 0 Å². The molecule has 5 nitrogen and oxygen atoms in total. The Morgan fingerprint density at radius 2 is 2.15 bits per heavy atom. The van der Waals surface area contributed by atoms with Gasteiger partial charge in [-0.05, 0) is 36.3 Å². The zero-order valence-corrected chi connectivity index (χ0v) is 15.5. The summed E-state index contributed by atoms with van der Waals surface area (Å²) in [6.07, 6.45) is 5.45. The van der Waals surface area contributed by atoms with E-state index in [1.54, 1.807) is 7.11 Å². The summed E-state index contributed by atoms with van der Waals surface area (Å²) >= 11 is 0. The fraction of sp³-hybridized carbons (Fsp3) is 0.571. The molecular formula is C21H28N2O3. The van der Waals surface area contributed by atoms with Gasteiger partial charge in [0.2, 0.25) is 5.91 Å². The monoisotopic (exact) mass is 356 g/mol. The van der Waals surface area contributed by atoms with Crippen LogP contribution in [-0.2, 0) is 20.7 Å². The van der Waals surface area contributed by atoms with Crippen LogP contribution < -0.4 is 0 Å². The zero-order chi connectivity index (χ0) is 18.0. The number of likely N-dealkylation sites (tertiary alicyclic amines) is 1. The molecule has 1 spiro atoms. The molecule has 1 aromatic heterocycles. The number of nitrogens with one attached hydrogen (secondary N) is 1. The van der Waals surface area contributed by atoms with E-state index in [4.69, 9.17) is 9.47 Å². The second kappa shape index (κ2) is 7.41. The zero-order valence-electron chi connectivity index (χ0n) is 15.5. The van der Waals surface area contributed by atoms with E-state index >= 15 is 0 Å². The third-order valence-corrected chi connectivity index (χ3v) is 6.30. The molecule has 4 rings (SSSR count). The standard InChI is InChI=1S/C21H28N2O3/c1-25-14-17-13-23(15-21(17)8-10-26-11-9-21)20(24)7-6-16-12-22-19-5-3-2-4-18(16)19/h2-5,12,17,22H,6-11,13-15H2,1H3. The molecule has 2 aliphatic rings. The number of benzene rings is 1. The van der Waals surface area contributed by atoms with E-state index in [0.29, 0.717) is 12.3 Å². The van der Waals surface area contributed by atoms with Gasteiger partial charge in [-0.2, -0.15) is 0 Å². The Bertz CT molecular complexity index is 763. The minimum absolute atomic E-state index is 0.185. The summed E-state index contributed by atoms with van der Waals surface area (Å²) in [5.41, 5.74) is 2.55. The number of ether oxygens (including phenoxy) is 2. The third kappa shape index (κ3) is 3.26. The van der Waals surface area contributed by atoms with Crippen molar-refractivity contribution < 1.29 is 14.3 Å². The van der Waals surface area contributed by atoms with Crippen molar-refractivity contribution in [3.8, 4) is 0 Å². The number of aromatic nitrogens is 1. The lowest BCUT2D eigenvalue weighted by Gasteiger charge is -2.37. The van der Waals surface area contributed by atoms with Gasteiger partial charge in [0, 0.05) is 62.9 Å². The number of hydrogen-bond donors (Lipinski definition) is 1. The molecule has 3 heterocycles. The Balaban J connectivity index is 1.41. The number of H-pyrrole nitrogens is 1. The summed E-state index contributed by atoms with van der Waals surface area (Å²) in [5, 5.41) is 1.22. The molecule has 2 fully saturated rings. The van der Waals surface area contributed by atoms with Crippen LogP contribution in [0, 0.1) is 11.3 Å². The molecule has 0 aliphatic carbocycles. The first kappa shape index (κ1) is 17.6. The minimum atomic E-state index is 0.185. The summed E-state index contributed by atoms with van der Waals surface area (Å²) < 4.78 is 11.0. The Morgan fingerprint density at radius 3 is 2.96 bits per heavy atom. The average Bonchev–Trinajstić information content (AvgIpc) is 3.23. The highest BCUT2D eigenvalue weighted by Crippen LogP contribution is 2.44. The van der Waals surface area contributed by atoms with Gasteiger partial charge in [-0.15, -0.1) is 0 Å². The molecule has 140 valence electrons. The maximum absolute atomic E-state index is 12.9. The first-order chi connectivity index (χ1) is 12.7. The summed E-state index contributed by atoms with van der Waals surface area (Å²) in [7, 11) is 1.76. The van der Waals surface area contributed by atoms with Crippen LogP contribution in [0.3, 0.4) is 0 Å². The molecule has 26 heavy (non-hydrogen) atoms. The Labute approximate surface area is 154 Å². The molecule has 1 unspecified atom stereocenters. The lowest BCUT2D eigenvalue weighted by atomic mass is 9.72. The second-order valence-corrected chi connectivity index (χ2v) is 7.76. The summed E-state index contributed by atoms with van der Waals surface area (Å²) in [4.78, 5) is 18.3. The smallest absolute Gasteiger partial charge is 0.222 e. The van der Waals surface area contributed by atoms with E-state index in [-0.39, 0.29) is 11.3 Å². The van der Waals surface area contributed by atoms with Crippen LogP contribution in [0.25, 0.3) is 10.9 Å². The molecule has 1 amide bonds. The van der Waals surface area contributed by atoms with Crippen molar-refractivity contribution in [1.29, 1.82) is 0 Å². The molecule has 2 aliphatic heterocycles. The van der Waals surface area contributed by atoms with Gasteiger partial charge in [0.1, 0.15) is 0 Å². The third-order valence-electron chi connectivity index (χ3n) is 6.30. The van der Waals surface area contributed by atoms with Gasteiger partial charge < -0.3 is 19.4 Å². The number of carbonyl (C=O) groups is 1. The van der Waals surface area contributed by atoms with E-state index in [1.165, 1.54) is 10.9 Å². The number of carbonyl (C=O) groups excluding carboxylic acids is 1. The summed E-state index contributed by atoms with van der Waals surface area (Å²) in [6.45, 7) is 4.01. The maximum Gasteiger partial charge on any atom is 0.222 e. The molecule has 0 radical (unpaired) electrons. The largest absolute Gasteiger partial charge is 0.384 e. The second-order valence-electron chi connectivity index (χ2n) is 7.76. The number of aromatic amines is 1. The Morgan fingerprint density at radius 1 is 1.35 bits per heavy atom. The van der Waals surface area contributed by atoms with Gasteiger partial charge in [0.15, 0.2) is 0 Å². The van der Waals surface area contributed by atoms with Crippen LogP contribution >= 0.6 is 0 Å². The highest BCUT2D eigenvalue weighted by Gasteiger charge is 2.48. The Kier molecular flexibility index (Phi) is 5.00. The van der Waals surface area contributed by atoms with Crippen molar-refractivity contribution in [1.82, 2.24) is 9.88 Å². The fourth-order valence-corrected chi connectivity index (χ4v) is 4.74. The number of para-hydroxylation sites is 1. The van der Waals surface area contributed by atoms with Gasteiger partial charge in [0.05, 0.1) is 6.61 Å². The first-order valence-corrected chi connectivity index (χ1v) is 9.61. The fourth-order valence-electron chi connectivity index (χ4n) is 4.74. The number of fused-ring (bicyclic) bond motifs is 1. The van der Waals surface area contributed by atoms with Crippen molar-refractivity contribution in [3.63, 3.8) is 0 Å². The number of methoxy groups -OCH3 is 1. The van der Waals surface area contributed by atoms with Crippen molar-refractivity contribution in [3.05, 3.63) is 36.0 Å². The number of rotatable bonds is 5. The molecular weight excluding hydrogens is 328 g/mol. The first-order valence-electron chi connectivity index (χ1n) is 9.61. The van der Waals surface area contributed by atoms with E-state index in [0.717, 1.165) is 57.7 Å². The lowest BCUT2D eigenvalue weighted by molar-refractivity contribution is -0.130. The highest BCUT2D eigenvalue weighted by molar-refractivity contribution is 5.84. The van der Waals surface area contributed by atoms with Gasteiger partial charge in [-0.1, -0.05) is 18.2 Å². The highest BCUT2D eigenvalue weighted by atomic mass is 16.5. The number of amides is 1. The van der Waals surface area contributed by atoms with Crippen LogP contribution in [0.15, 0.2) is 30.5 Å². The van der Waals surface area contributed by atoms with Crippen molar-refractivity contribution in [2.45, 2.75) is 25.7 Å². The van der Waals surface area contributed by atoms with E-state index in [9.17, 15) is 4.79 Å². The molecule has 0 saturated carbocycles. The number of hydrogen-bond acceptors (Lipinski definition) is 3. The molecule has 1 atom stereocenters. The Hall–Kier alpha value is -1.85. The minimum Gasteiger partial charge on any atom is -0.384 e. The van der Waals surface area contributed by atoms with Crippen molar-refractivity contribution in [2.75, 3.05) is 40.0 Å². The molecule has 1 N–H and O–H groups in total. The molecule has 2 saturated heterocycles. The summed E-state index contributed by atoms with van der Waals surface area (Å²) in [6, 6.07) is 8.27. The van der Waals surface area contributed by atoms with Crippen LogP contribution in [0.1, 0.15) is 24.8 Å². The van der Waals surface area contributed by atoms with Crippen LogP contribution in [0.5, 0.6) is 0 Å². The van der Waals surface area contributed by atoms with E-state index in [1.807, 2.05) is 18.3 Å². The maximum atomic E-state index is 12.9. The summed E-state index contributed by atoms with van der Waals surface area (Å²) in [5.74, 6) is 0.688. The lowest BCUT2D eigenvalue weighted by Crippen LogP contribution is -2.39. The molecule has 2 aromatic rings. The van der Waals surface area contributed by atoms with Crippen molar-refractivity contribution >= 4 is 16.8 Å². The molecule has 0 bridgehead atoms. The molecule has 1 aromatic carbocycles. The van der Waals surface area contributed by atoms with Crippen LogP contribution in [0.4, 0.5) is 0 Å². The SMILES string of the molecule is COCC1CN(C(=O)CCc2c[nH]c3ccccc23)CC12CCOCC2. The predicted octanol–water partition coefficient (Wildman–Crippen LogP) is 3.00. The van der Waals surface area contributed by atoms with E-state index in [2.05, 4.69) is 22.0 Å². The van der Waals surface area contributed by atoms with Crippen LogP contribution in [-0.4, -0.2) is 55.8 Å². The van der Waals surface area contributed by atoms with Gasteiger partial charge >= 0.3 is 0 Å². The topological polar surface area (TPSA) is 54.6 Å². The van der Waals surface area contributed by atoms with Gasteiger partial charge in [-0.3, -0.25) is 4.79 Å². The molecule has 5 heteroatoms.